The summed E-state index contributed by atoms with van der Waals surface area (Å²) in [6, 6.07) is 14.9. The summed E-state index contributed by atoms with van der Waals surface area (Å²) in [6.45, 7) is 1.11. The second-order valence-corrected chi connectivity index (χ2v) is 8.84. The Kier molecular flexibility index (Phi) is 5.47. The highest BCUT2D eigenvalue weighted by atomic mass is 127. The van der Waals surface area contributed by atoms with E-state index in [0.29, 0.717) is 13.2 Å². The van der Waals surface area contributed by atoms with Crippen LogP contribution < -0.4 is 0 Å². The number of amides is 1. The van der Waals surface area contributed by atoms with E-state index in [1.54, 1.807) is 12.0 Å². The van der Waals surface area contributed by atoms with Crippen LogP contribution >= 0.6 is 22.6 Å². The van der Waals surface area contributed by atoms with Crippen molar-refractivity contribution in [2.75, 3.05) is 27.3 Å². The Morgan fingerprint density at radius 2 is 1.96 bits per heavy atom. The van der Waals surface area contributed by atoms with E-state index in [4.69, 9.17) is 4.74 Å². The molecule has 3 aromatic rings. The molecule has 4 nitrogen and oxygen atoms in total. The molecule has 1 N–H and O–H groups in total. The molecule has 1 aromatic heterocycles. The van der Waals surface area contributed by atoms with Crippen molar-refractivity contribution in [3.05, 3.63) is 68.9 Å². The van der Waals surface area contributed by atoms with Crippen LogP contribution in [0.25, 0.3) is 10.9 Å². The topological polar surface area (TPSA) is 45.3 Å². The Morgan fingerprint density at radius 3 is 2.61 bits per heavy atom. The van der Waals surface area contributed by atoms with Crippen LogP contribution in [0.3, 0.4) is 0 Å². The van der Waals surface area contributed by atoms with Crippen molar-refractivity contribution in [3.8, 4) is 0 Å². The van der Waals surface area contributed by atoms with Crippen LogP contribution in [-0.2, 0) is 10.2 Å². The van der Waals surface area contributed by atoms with Gasteiger partial charge >= 0.3 is 0 Å². The molecule has 1 fully saturated rings. The number of para-hydroxylation sites is 1. The van der Waals surface area contributed by atoms with Gasteiger partial charge in [-0.2, -0.15) is 0 Å². The lowest BCUT2D eigenvalue weighted by Crippen LogP contribution is -2.35. The van der Waals surface area contributed by atoms with Gasteiger partial charge in [0.2, 0.25) is 0 Å². The minimum Gasteiger partial charge on any atom is -0.383 e. The van der Waals surface area contributed by atoms with Gasteiger partial charge in [-0.25, -0.2) is 0 Å². The van der Waals surface area contributed by atoms with Crippen molar-refractivity contribution in [2.45, 2.75) is 24.7 Å². The Balaban J connectivity index is 1.76. The normalized spacial score (nSPS) is 15.4. The fraction of sp³-hybridized carbons (Fsp3) is 0.348. The number of ether oxygens (including phenoxy) is 1. The number of halogens is 1. The van der Waals surface area contributed by atoms with Crippen LogP contribution in [-0.4, -0.2) is 43.1 Å². The van der Waals surface area contributed by atoms with E-state index in [-0.39, 0.29) is 11.3 Å². The van der Waals surface area contributed by atoms with E-state index in [1.165, 1.54) is 21.1 Å². The summed E-state index contributed by atoms with van der Waals surface area (Å²) in [5.41, 5.74) is 4.38. The first-order valence-corrected chi connectivity index (χ1v) is 10.8. The molecule has 0 aliphatic heterocycles. The van der Waals surface area contributed by atoms with Gasteiger partial charge in [-0.1, -0.05) is 30.7 Å². The first-order valence-electron chi connectivity index (χ1n) is 9.68. The molecule has 0 atom stereocenters. The standard InChI is InChI=1S/C23H25IN2O2/c1-26(13-14-28-2)22(27)19-6-3-5-18-20(15-25-21(18)19)23(11-4-12-23)16-7-9-17(24)10-8-16/h3,5-10,15,25H,4,11-14H2,1-2H3. The average molecular weight is 488 g/mol. The third kappa shape index (κ3) is 3.24. The fourth-order valence-corrected chi connectivity index (χ4v) is 4.64. The zero-order valence-corrected chi connectivity index (χ0v) is 18.5. The largest absolute Gasteiger partial charge is 0.383 e. The van der Waals surface area contributed by atoms with E-state index in [9.17, 15) is 4.79 Å². The summed E-state index contributed by atoms with van der Waals surface area (Å²) in [6.07, 6.45) is 5.64. The highest BCUT2D eigenvalue weighted by molar-refractivity contribution is 14.1. The zero-order valence-electron chi connectivity index (χ0n) is 16.3. The molecular weight excluding hydrogens is 463 g/mol. The number of hydrogen-bond acceptors (Lipinski definition) is 2. The molecule has 2 aromatic carbocycles. The number of benzene rings is 2. The average Bonchev–Trinajstić information content (AvgIpc) is 3.10. The number of rotatable bonds is 6. The predicted octanol–water partition coefficient (Wildman–Crippen LogP) is 4.96. The van der Waals surface area contributed by atoms with E-state index in [1.807, 2.05) is 19.2 Å². The van der Waals surface area contributed by atoms with Crippen molar-refractivity contribution in [2.24, 2.45) is 0 Å². The van der Waals surface area contributed by atoms with Gasteiger partial charge in [-0.15, -0.1) is 0 Å². The number of aromatic amines is 1. The first-order chi connectivity index (χ1) is 13.6. The van der Waals surface area contributed by atoms with Gasteiger partial charge in [0, 0.05) is 41.3 Å². The summed E-state index contributed by atoms with van der Waals surface area (Å²) in [7, 11) is 3.47. The lowest BCUT2D eigenvalue weighted by Gasteiger charge is -2.42. The lowest BCUT2D eigenvalue weighted by atomic mass is 9.60. The number of carbonyl (C=O) groups is 1. The summed E-state index contributed by atoms with van der Waals surface area (Å²) in [5.74, 6) is 0.0213. The monoisotopic (exact) mass is 488 g/mol. The molecule has 1 aliphatic rings. The molecule has 4 rings (SSSR count). The van der Waals surface area contributed by atoms with Crippen LogP contribution in [0.5, 0.6) is 0 Å². The Bertz CT molecular complexity index is 990. The fourth-order valence-electron chi connectivity index (χ4n) is 4.28. The number of fused-ring (bicyclic) bond motifs is 1. The molecule has 1 aliphatic carbocycles. The maximum absolute atomic E-state index is 13.0. The first kappa shape index (κ1) is 19.5. The van der Waals surface area contributed by atoms with Gasteiger partial charge < -0.3 is 14.6 Å². The zero-order chi connectivity index (χ0) is 19.7. The van der Waals surface area contributed by atoms with Gasteiger partial charge in [0.1, 0.15) is 0 Å². The quantitative estimate of drug-likeness (QED) is 0.499. The smallest absolute Gasteiger partial charge is 0.255 e. The van der Waals surface area contributed by atoms with E-state index < -0.39 is 0 Å². The predicted molar refractivity (Wildman–Crippen MR) is 121 cm³/mol. The van der Waals surface area contributed by atoms with Gasteiger partial charge in [0.05, 0.1) is 17.7 Å². The molecule has 5 heteroatoms. The molecule has 0 radical (unpaired) electrons. The number of nitrogens with zero attached hydrogens (tertiary/aromatic N) is 1. The van der Waals surface area contributed by atoms with Crippen molar-refractivity contribution in [3.63, 3.8) is 0 Å². The number of aromatic nitrogens is 1. The van der Waals surface area contributed by atoms with Gasteiger partial charge in [-0.3, -0.25) is 4.79 Å². The summed E-state index contributed by atoms with van der Waals surface area (Å²) in [5, 5.41) is 1.16. The summed E-state index contributed by atoms with van der Waals surface area (Å²) < 4.78 is 6.36. The number of hydrogen-bond donors (Lipinski definition) is 1. The Labute approximate surface area is 179 Å². The van der Waals surface area contributed by atoms with Crippen molar-refractivity contribution in [1.29, 1.82) is 0 Å². The molecule has 146 valence electrons. The van der Waals surface area contributed by atoms with Crippen molar-refractivity contribution in [1.82, 2.24) is 9.88 Å². The van der Waals surface area contributed by atoms with Crippen LogP contribution in [0, 0.1) is 3.57 Å². The molecule has 0 spiro atoms. The van der Waals surface area contributed by atoms with Crippen LogP contribution in [0.2, 0.25) is 0 Å². The second kappa shape index (κ2) is 7.87. The lowest BCUT2D eigenvalue weighted by molar-refractivity contribution is 0.0746. The van der Waals surface area contributed by atoms with Crippen molar-refractivity contribution >= 4 is 39.4 Å². The Morgan fingerprint density at radius 1 is 1.21 bits per heavy atom. The number of likely N-dealkylation sites (N-methyl/N-ethyl adjacent to an activating group) is 1. The van der Waals surface area contributed by atoms with E-state index in [2.05, 4.69) is 64.1 Å². The Hall–Kier alpha value is -1.86. The molecule has 28 heavy (non-hydrogen) atoms. The minimum absolute atomic E-state index is 0.0213. The minimum atomic E-state index is 0.0213. The second-order valence-electron chi connectivity index (χ2n) is 7.59. The number of H-pyrrole nitrogens is 1. The van der Waals surface area contributed by atoms with E-state index in [0.717, 1.165) is 29.3 Å². The number of methoxy groups -OCH3 is 1. The summed E-state index contributed by atoms with van der Waals surface area (Å²) >= 11 is 2.35. The maximum atomic E-state index is 13.0. The SMILES string of the molecule is COCCN(C)C(=O)c1cccc2c(C3(c4ccc(I)cc4)CCC3)c[nH]c12. The highest BCUT2D eigenvalue weighted by Gasteiger charge is 2.42. The molecule has 0 bridgehead atoms. The number of carbonyl (C=O) groups excluding carboxylic acids is 1. The van der Waals surface area contributed by atoms with Gasteiger partial charge in [0.25, 0.3) is 5.91 Å². The molecule has 1 heterocycles. The van der Waals surface area contributed by atoms with Crippen LogP contribution in [0.15, 0.2) is 48.7 Å². The van der Waals surface area contributed by atoms with Crippen LogP contribution in [0.4, 0.5) is 0 Å². The summed E-state index contributed by atoms with van der Waals surface area (Å²) in [4.78, 5) is 18.1. The molecule has 0 unspecified atom stereocenters. The molecule has 1 amide bonds. The molecular formula is C23H25IN2O2. The van der Waals surface area contributed by atoms with Crippen molar-refractivity contribution < 1.29 is 9.53 Å². The highest BCUT2D eigenvalue weighted by Crippen LogP contribution is 2.51. The van der Waals surface area contributed by atoms with Gasteiger partial charge in [-0.05, 0) is 64.8 Å². The van der Waals surface area contributed by atoms with Crippen LogP contribution in [0.1, 0.15) is 40.7 Å². The van der Waals surface area contributed by atoms with Gasteiger partial charge in [0.15, 0.2) is 0 Å². The van der Waals surface area contributed by atoms with E-state index >= 15 is 0 Å². The molecule has 0 saturated heterocycles. The third-order valence-corrected chi connectivity index (χ3v) is 6.76. The molecule has 1 saturated carbocycles. The maximum Gasteiger partial charge on any atom is 0.255 e. The third-order valence-electron chi connectivity index (χ3n) is 6.04. The number of nitrogens with one attached hydrogen (secondary N) is 1.